The topological polar surface area (TPSA) is 3.24 Å². The molecule has 1 atom stereocenters. The third-order valence-electron chi connectivity index (χ3n) is 3.47. The fraction of sp³-hybridized carbons (Fsp3) is 0.600. The average molecular weight is 251 g/mol. The van der Waals surface area contributed by atoms with Gasteiger partial charge in [0, 0.05) is 18.8 Å². The van der Waals surface area contributed by atoms with E-state index in [0.29, 0.717) is 11.8 Å². The van der Waals surface area contributed by atoms with Crippen LogP contribution >= 0.6 is 12.6 Å². The summed E-state index contributed by atoms with van der Waals surface area (Å²) in [5.41, 5.74) is 2.72. The highest BCUT2D eigenvalue weighted by atomic mass is 32.1. The highest BCUT2D eigenvalue weighted by molar-refractivity contribution is 7.80. The highest BCUT2D eigenvalue weighted by Gasteiger charge is 2.16. The highest BCUT2D eigenvalue weighted by Crippen LogP contribution is 2.23. The maximum absolute atomic E-state index is 4.48. The minimum absolute atomic E-state index is 0.651. The van der Waals surface area contributed by atoms with Gasteiger partial charge in [0.1, 0.15) is 0 Å². The summed E-state index contributed by atoms with van der Waals surface area (Å²) >= 11 is 4.48. The fourth-order valence-electron chi connectivity index (χ4n) is 2.08. The molecule has 1 unspecified atom stereocenters. The van der Waals surface area contributed by atoms with E-state index in [1.54, 1.807) is 0 Å². The second-order valence-corrected chi connectivity index (χ2v) is 5.38. The Hall–Kier alpha value is -0.630. The molecule has 96 valence electrons. The first kappa shape index (κ1) is 14.4. The van der Waals surface area contributed by atoms with Crippen LogP contribution in [0, 0.1) is 18.8 Å². The minimum atomic E-state index is 0.651. The molecule has 0 bridgehead atoms. The Labute approximate surface area is 112 Å². The van der Waals surface area contributed by atoms with Crippen molar-refractivity contribution >= 4 is 18.3 Å². The zero-order valence-corrected chi connectivity index (χ0v) is 12.4. The van der Waals surface area contributed by atoms with Crippen LogP contribution in [0.3, 0.4) is 0 Å². The van der Waals surface area contributed by atoms with Crippen molar-refractivity contribution < 1.29 is 0 Å². The maximum Gasteiger partial charge on any atom is 0.0395 e. The second kappa shape index (κ2) is 6.95. The monoisotopic (exact) mass is 251 g/mol. The van der Waals surface area contributed by atoms with Crippen molar-refractivity contribution in [2.45, 2.75) is 27.7 Å². The van der Waals surface area contributed by atoms with Gasteiger partial charge in [0.05, 0.1) is 0 Å². The molecule has 1 aromatic carbocycles. The van der Waals surface area contributed by atoms with Crippen LogP contribution in [0.4, 0.5) is 5.69 Å². The third kappa shape index (κ3) is 3.95. The Bertz CT molecular complexity index is 335. The van der Waals surface area contributed by atoms with Gasteiger partial charge in [-0.15, -0.1) is 0 Å². The van der Waals surface area contributed by atoms with Crippen molar-refractivity contribution in [1.82, 2.24) is 0 Å². The molecule has 0 radical (unpaired) electrons. The lowest BCUT2D eigenvalue weighted by Crippen LogP contribution is -2.33. The summed E-state index contributed by atoms with van der Waals surface area (Å²) in [6, 6.07) is 8.62. The standard InChI is InChI=1S/C15H25NS/c1-5-16(10-14(11-17)12(2)3)15-9-7-6-8-13(15)4/h6-9,12,14,17H,5,10-11H2,1-4H3. The number of thiol groups is 1. The Balaban J connectivity index is 2.82. The lowest BCUT2D eigenvalue weighted by Gasteiger charge is -2.30. The predicted octanol–water partition coefficient (Wildman–Crippen LogP) is 4.02. The van der Waals surface area contributed by atoms with Crippen molar-refractivity contribution in [1.29, 1.82) is 0 Å². The molecule has 0 heterocycles. The van der Waals surface area contributed by atoms with Gasteiger partial charge in [-0.05, 0) is 43.1 Å². The smallest absolute Gasteiger partial charge is 0.0395 e. The van der Waals surface area contributed by atoms with Gasteiger partial charge in [-0.25, -0.2) is 0 Å². The number of hydrogen-bond donors (Lipinski definition) is 1. The number of rotatable bonds is 6. The van der Waals surface area contributed by atoms with Crippen molar-refractivity contribution in [2.75, 3.05) is 23.7 Å². The molecule has 1 nitrogen and oxygen atoms in total. The molecule has 0 amide bonds. The van der Waals surface area contributed by atoms with Crippen LogP contribution in [0.5, 0.6) is 0 Å². The summed E-state index contributed by atoms with van der Waals surface area (Å²) in [7, 11) is 0. The summed E-state index contributed by atoms with van der Waals surface area (Å²) in [5, 5.41) is 0. The Morgan fingerprint density at radius 3 is 2.35 bits per heavy atom. The summed E-state index contributed by atoms with van der Waals surface area (Å²) in [6.45, 7) is 11.1. The van der Waals surface area contributed by atoms with Gasteiger partial charge >= 0.3 is 0 Å². The first-order valence-corrected chi connectivity index (χ1v) is 7.14. The van der Waals surface area contributed by atoms with Crippen LogP contribution in [-0.4, -0.2) is 18.8 Å². The molecule has 0 saturated carbocycles. The first-order chi connectivity index (χ1) is 8.10. The summed E-state index contributed by atoms with van der Waals surface area (Å²) in [4.78, 5) is 2.47. The Morgan fingerprint density at radius 2 is 1.88 bits per heavy atom. The molecule has 0 N–H and O–H groups in total. The summed E-state index contributed by atoms with van der Waals surface area (Å²) in [6.07, 6.45) is 0. The van der Waals surface area contributed by atoms with E-state index >= 15 is 0 Å². The average Bonchev–Trinajstić information content (AvgIpc) is 2.31. The van der Waals surface area contributed by atoms with E-state index < -0.39 is 0 Å². The number of hydrogen-bond acceptors (Lipinski definition) is 2. The molecular weight excluding hydrogens is 226 g/mol. The van der Waals surface area contributed by atoms with Crippen LogP contribution in [0.25, 0.3) is 0 Å². The molecular formula is C15H25NS. The van der Waals surface area contributed by atoms with Gasteiger partial charge in [0.15, 0.2) is 0 Å². The van der Waals surface area contributed by atoms with Crippen molar-refractivity contribution in [3.63, 3.8) is 0 Å². The van der Waals surface area contributed by atoms with Gasteiger partial charge in [-0.1, -0.05) is 32.0 Å². The van der Waals surface area contributed by atoms with Crippen molar-refractivity contribution in [3.05, 3.63) is 29.8 Å². The number of anilines is 1. The van der Waals surface area contributed by atoms with Gasteiger partial charge in [0.25, 0.3) is 0 Å². The number of para-hydroxylation sites is 1. The third-order valence-corrected chi connectivity index (χ3v) is 3.94. The quantitative estimate of drug-likeness (QED) is 0.747. The number of nitrogens with zero attached hydrogens (tertiary/aromatic N) is 1. The fourth-order valence-corrected chi connectivity index (χ4v) is 2.62. The van der Waals surface area contributed by atoms with Gasteiger partial charge in [0.2, 0.25) is 0 Å². The molecule has 0 aliphatic heterocycles. The summed E-state index contributed by atoms with van der Waals surface area (Å²) < 4.78 is 0. The zero-order valence-electron chi connectivity index (χ0n) is 11.5. The van der Waals surface area contributed by atoms with E-state index in [1.807, 2.05) is 0 Å². The van der Waals surface area contributed by atoms with E-state index in [2.05, 4.69) is 69.5 Å². The minimum Gasteiger partial charge on any atom is -0.371 e. The van der Waals surface area contributed by atoms with Crippen LogP contribution in [0.2, 0.25) is 0 Å². The van der Waals surface area contributed by atoms with E-state index in [0.717, 1.165) is 18.8 Å². The molecule has 0 aliphatic rings. The molecule has 17 heavy (non-hydrogen) atoms. The zero-order chi connectivity index (χ0) is 12.8. The number of aryl methyl sites for hydroxylation is 1. The Kier molecular flexibility index (Phi) is 5.90. The van der Waals surface area contributed by atoms with E-state index in [-0.39, 0.29) is 0 Å². The molecule has 0 spiro atoms. The molecule has 2 heteroatoms. The van der Waals surface area contributed by atoms with Crippen LogP contribution in [0.15, 0.2) is 24.3 Å². The van der Waals surface area contributed by atoms with Crippen molar-refractivity contribution in [3.8, 4) is 0 Å². The lowest BCUT2D eigenvalue weighted by molar-refractivity contribution is 0.425. The predicted molar refractivity (Wildman–Crippen MR) is 81.2 cm³/mol. The van der Waals surface area contributed by atoms with E-state index in [9.17, 15) is 0 Å². The van der Waals surface area contributed by atoms with Crippen LogP contribution < -0.4 is 4.90 Å². The normalized spacial score (nSPS) is 12.8. The van der Waals surface area contributed by atoms with E-state index in [1.165, 1.54) is 11.3 Å². The van der Waals surface area contributed by atoms with Crippen LogP contribution in [0.1, 0.15) is 26.3 Å². The van der Waals surface area contributed by atoms with Gasteiger partial charge in [-0.3, -0.25) is 0 Å². The van der Waals surface area contributed by atoms with Gasteiger partial charge in [-0.2, -0.15) is 12.6 Å². The van der Waals surface area contributed by atoms with Crippen LogP contribution in [-0.2, 0) is 0 Å². The molecule has 0 aliphatic carbocycles. The largest absolute Gasteiger partial charge is 0.371 e. The summed E-state index contributed by atoms with van der Waals surface area (Å²) in [5.74, 6) is 2.29. The SMILES string of the molecule is CCN(CC(CS)C(C)C)c1ccccc1C. The van der Waals surface area contributed by atoms with Gasteiger partial charge < -0.3 is 4.90 Å². The van der Waals surface area contributed by atoms with E-state index in [4.69, 9.17) is 0 Å². The first-order valence-electron chi connectivity index (χ1n) is 6.51. The number of benzene rings is 1. The van der Waals surface area contributed by atoms with Crippen molar-refractivity contribution in [2.24, 2.45) is 11.8 Å². The molecule has 1 rings (SSSR count). The molecule has 0 aromatic heterocycles. The molecule has 0 fully saturated rings. The molecule has 0 saturated heterocycles. The Morgan fingerprint density at radius 1 is 1.24 bits per heavy atom. The lowest BCUT2D eigenvalue weighted by atomic mass is 9.97. The molecule has 1 aromatic rings. The maximum atomic E-state index is 4.48. The second-order valence-electron chi connectivity index (χ2n) is 5.01.